The second kappa shape index (κ2) is 11.0. The number of carbonyl (C=O) groups excluding carboxylic acids is 2. The molecular formula is C10H20N4O2S. The van der Waals surface area contributed by atoms with Crippen molar-refractivity contribution in [2.24, 2.45) is 11.5 Å². The molecule has 0 aliphatic rings. The van der Waals surface area contributed by atoms with Crippen LogP contribution in [0.1, 0.15) is 25.7 Å². The van der Waals surface area contributed by atoms with Crippen molar-refractivity contribution in [1.82, 2.24) is 10.6 Å². The van der Waals surface area contributed by atoms with Gasteiger partial charge in [0, 0.05) is 13.1 Å². The molecule has 4 amide bonds. The van der Waals surface area contributed by atoms with Crippen molar-refractivity contribution in [3.05, 3.63) is 0 Å². The van der Waals surface area contributed by atoms with Crippen LogP contribution >= 0.6 is 10.9 Å². The van der Waals surface area contributed by atoms with Crippen molar-refractivity contribution >= 4 is 33.7 Å². The van der Waals surface area contributed by atoms with E-state index in [-0.39, 0.29) is 0 Å². The molecular weight excluding hydrogens is 240 g/mol. The zero-order chi connectivity index (χ0) is 12.9. The van der Waals surface area contributed by atoms with Gasteiger partial charge in [0.2, 0.25) is 0 Å². The van der Waals surface area contributed by atoms with E-state index in [9.17, 15) is 9.59 Å². The summed E-state index contributed by atoms with van der Waals surface area (Å²) in [5.41, 5.74) is 9.82. The van der Waals surface area contributed by atoms with Crippen LogP contribution in [0.3, 0.4) is 0 Å². The topological polar surface area (TPSA) is 110 Å². The van der Waals surface area contributed by atoms with Crippen LogP contribution in [0, 0.1) is 0 Å². The molecule has 7 heteroatoms. The number of nitrogens with two attached hydrogens (primary N) is 2. The molecule has 0 aromatic heterocycles. The summed E-state index contributed by atoms with van der Waals surface area (Å²) < 4.78 is 0. The van der Waals surface area contributed by atoms with E-state index >= 15 is 0 Å². The summed E-state index contributed by atoms with van der Waals surface area (Å²) in [5.74, 6) is 0. The zero-order valence-electron chi connectivity index (χ0n) is 9.78. The Kier molecular flexibility index (Phi) is 10.0. The van der Waals surface area contributed by atoms with Gasteiger partial charge in [0.05, 0.1) is 0 Å². The molecule has 0 aromatic carbocycles. The van der Waals surface area contributed by atoms with Gasteiger partial charge in [-0.3, -0.25) is 0 Å². The molecule has 0 saturated heterocycles. The van der Waals surface area contributed by atoms with Crippen LogP contribution in [-0.2, 0) is 0 Å². The maximum atomic E-state index is 10.3. The number of rotatable bonds is 8. The van der Waals surface area contributed by atoms with Gasteiger partial charge in [0.15, 0.2) is 0 Å². The predicted octanol–water partition coefficient (Wildman–Crippen LogP) is 0.221. The molecule has 0 atom stereocenters. The number of primary amides is 2. The lowest BCUT2D eigenvalue weighted by Crippen LogP contribution is -2.30. The highest BCUT2D eigenvalue weighted by atomic mass is 32.1. The van der Waals surface area contributed by atoms with Crippen LogP contribution in [-0.4, -0.2) is 35.9 Å². The van der Waals surface area contributed by atoms with Gasteiger partial charge in [-0.15, -0.1) is 0 Å². The van der Waals surface area contributed by atoms with E-state index in [0.717, 1.165) is 25.7 Å². The third kappa shape index (κ3) is 14.5. The minimum atomic E-state index is -0.480. The second-order valence-electron chi connectivity index (χ2n) is 3.34. The monoisotopic (exact) mass is 260 g/mol. The molecule has 0 rings (SSSR count). The molecule has 0 spiro atoms. The maximum absolute atomic E-state index is 10.3. The molecule has 0 heterocycles. The van der Waals surface area contributed by atoms with Crippen LogP contribution in [0.5, 0.6) is 0 Å². The third-order valence-electron chi connectivity index (χ3n) is 1.79. The van der Waals surface area contributed by atoms with Gasteiger partial charge in [0.25, 0.3) is 0 Å². The molecule has 0 aromatic rings. The van der Waals surface area contributed by atoms with E-state index in [2.05, 4.69) is 21.4 Å². The lowest BCUT2D eigenvalue weighted by Gasteiger charge is -1.97. The van der Waals surface area contributed by atoms with E-state index in [1.807, 2.05) is 0 Å². The number of carbonyl (C=O) groups is 2. The van der Waals surface area contributed by atoms with Gasteiger partial charge >= 0.3 is 12.1 Å². The Balaban J connectivity index is 3.32. The Labute approximate surface area is 105 Å². The van der Waals surface area contributed by atoms with Crippen molar-refractivity contribution in [2.75, 3.05) is 13.1 Å². The number of nitrogens with one attached hydrogen (secondary N) is 2. The summed E-state index contributed by atoms with van der Waals surface area (Å²) in [5, 5.41) is 9.19. The highest BCUT2D eigenvalue weighted by Crippen LogP contribution is 1.87. The van der Waals surface area contributed by atoms with E-state index in [1.54, 1.807) is 10.9 Å². The Hall–Kier alpha value is -1.50. The van der Waals surface area contributed by atoms with E-state index < -0.39 is 12.1 Å². The normalized spacial score (nSPS) is 9.18. The first-order valence-corrected chi connectivity index (χ1v) is 6.42. The number of amides is 4. The number of urea groups is 2. The third-order valence-corrected chi connectivity index (χ3v) is 2.64. The SMILES string of the molecule is NC(=O)NCCCC=S=CCCCNC(N)=O. The smallest absolute Gasteiger partial charge is 0.312 e. The lowest BCUT2D eigenvalue weighted by atomic mass is 10.3. The molecule has 17 heavy (non-hydrogen) atoms. The van der Waals surface area contributed by atoms with Crippen LogP contribution in [0.4, 0.5) is 9.59 Å². The molecule has 6 N–H and O–H groups in total. The molecule has 0 bridgehead atoms. The highest BCUT2D eigenvalue weighted by molar-refractivity contribution is 7.95. The Morgan fingerprint density at radius 3 is 1.71 bits per heavy atom. The summed E-state index contributed by atoms with van der Waals surface area (Å²) in [6, 6.07) is -0.961. The number of hydrogen-bond donors (Lipinski definition) is 4. The Morgan fingerprint density at radius 1 is 0.941 bits per heavy atom. The van der Waals surface area contributed by atoms with Crippen molar-refractivity contribution < 1.29 is 9.59 Å². The molecule has 0 aliphatic heterocycles. The fourth-order valence-electron chi connectivity index (χ4n) is 0.998. The van der Waals surface area contributed by atoms with Gasteiger partial charge in [-0.05, 0) is 36.4 Å². The fourth-order valence-corrected chi connectivity index (χ4v) is 1.74. The van der Waals surface area contributed by atoms with Crippen molar-refractivity contribution in [3.63, 3.8) is 0 Å². The first-order valence-electron chi connectivity index (χ1n) is 5.48. The fraction of sp³-hybridized carbons (Fsp3) is 0.600. The maximum Gasteiger partial charge on any atom is 0.312 e. The Bertz CT molecular complexity index is 275. The summed E-state index contributed by atoms with van der Waals surface area (Å²) >= 11 is 0. The van der Waals surface area contributed by atoms with Crippen LogP contribution in [0.15, 0.2) is 0 Å². The minimum absolute atomic E-state index is 0.480. The van der Waals surface area contributed by atoms with Crippen molar-refractivity contribution in [1.29, 1.82) is 0 Å². The Morgan fingerprint density at radius 2 is 1.35 bits per heavy atom. The van der Waals surface area contributed by atoms with Gasteiger partial charge in [0.1, 0.15) is 0 Å². The predicted molar refractivity (Wildman–Crippen MR) is 73.4 cm³/mol. The summed E-state index contributed by atoms with van der Waals surface area (Å²) in [7, 11) is 1.63. The number of hydrogen-bond acceptors (Lipinski definition) is 2. The second-order valence-corrected chi connectivity index (χ2v) is 4.27. The molecule has 0 unspecified atom stereocenters. The molecule has 0 aliphatic carbocycles. The summed E-state index contributed by atoms with van der Waals surface area (Å²) in [6.45, 7) is 1.21. The van der Waals surface area contributed by atoms with E-state index in [0.29, 0.717) is 13.1 Å². The molecule has 6 nitrogen and oxygen atoms in total. The average Bonchev–Trinajstić information content (AvgIpc) is 2.25. The van der Waals surface area contributed by atoms with E-state index in [4.69, 9.17) is 11.5 Å². The first kappa shape index (κ1) is 15.5. The standard InChI is InChI=1S/C10H20N4O2S/c11-9(15)13-5-1-3-7-17-8-4-2-6-14-10(12)16/h7-8H,1-6H2,(H3,11,13,15)(H3,12,14,16). The quantitative estimate of drug-likeness (QED) is 0.370. The van der Waals surface area contributed by atoms with Crippen molar-refractivity contribution in [3.8, 4) is 0 Å². The molecule has 0 saturated carbocycles. The number of unbranched alkanes of at least 4 members (excludes halogenated alkanes) is 2. The molecule has 0 fully saturated rings. The lowest BCUT2D eigenvalue weighted by molar-refractivity contribution is 0.248. The van der Waals surface area contributed by atoms with Crippen molar-refractivity contribution in [2.45, 2.75) is 25.7 Å². The zero-order valence-corrected chi connectivity index (χ0v) is 10.6. The van der Waals surface area contributed by atoms with Crippen LogP contribution in [0.2, 0.25) is 0 Å². The van der Waals surface area contributed by atoms with Crippen LogP contribution in [0.25, 0.3) is 0 Å². The first-order chi connectivity index (χ1) is 8.13. The molecule has 0 radical (unpaired) electrons. The van der Waals surface area contributed by atoms with Gasteiger partial charge in [-0.1, -0.05) is 0 Å². The molecule has 98 valence electrons. The minimum Gasteiger partial charge on any atom is -0.352 e. The van der Waals surface area contributed by atoms with Crippen LogP contribution < -0.4 is 22.1 Å². The van der Waals surface area contributed by atoms with Gasteiger partial charge < -0.3 is 22.1 Å². The summed E-state index contributed by atoms with van der Waals surface area (Å²) in [6.07, 6.45) is 3.60. The van der Waals surface area contributed by atoms with E-state index in [1.165, 1.54) is 0 Å². The van der Waals surface area contributed by atoms with Gasteiger partial charge in [-0.25, -0.2) is 9.59 Å². The largest absolute Gasteiger partial charge is 0.352 e. The summed E-state index contributed by atoms with van der Waals surface area (Å²) in [4.78, 5) is 20.7. The van der Waals surface area contributed by atoms with Gasteiger partial charge in [-0.2, -0.15) is 10.9 Å². The highest BCUT2D eigenvalue weighted by Gasteiger charge is 1.89. The average molecular weight is 260 g/mol.